The van der Waals surface area contributed by atoms with E-state index in [-0.39, 0.29) is 47.9 Å². The Bertz CT molecular complexity index is 1570. The molecule has 47 heavy (non-hydrogen) atoms. The molecule has 0 bridgehead atoms. The molecule has 0 saturated carbocycles. The van der Waals surface area contributed by atoms with E-state index in [1.165, 1.54) is 41.0 Å². The molecule has 2 atom stereocenters. The maximum Gasteiger partial charge on any atom is 0.416 e. The molecule has 1 aliphatic heterocycles. The van der Waals surface area contributed by atoms with Crippen LogP contribution >= 0.6 is 0 Å². The van der Waals surface area contributed by atoms with Crippen molar-refractivity contribution in [3.8, 4) is 5.88 Å². The topological polar surface area (TPSA) is 121 Å². The number of carboxylic acid groups (broad SMARTS) is 1. The molecular weight excluding hydrogens is 638 g/mol. The normalized spacial score (nSPS) is 16.3. The van der Waals surface area contributed by atoms with Gasteiger partial charge in [-0.05, 0) is 49.6 Å². The fraction of sp³-hybridized carbons (Fsp3) is 0.433. The summed E-state index contributed by atoms with van der Waals surface area (Å²) in [5.41, 5.74) is -2.79. The van der Waals surface area contributed by atoms with Crippen LogP contribution in [0.3, 0.4) is 0 Å². The number of likely N-dealkylation sites (N-methyl/N-ethyl adjacent to an activating group) is 1. The van der Waals surface area contributed by atoms with E-state index in [1.54, 1.807) is 13.0 Å². The molecule has 3 aromatic rings. The van der Waals surface area contributed by atoms with E-state index >= 15 is 0 Å². The lowest BCUT2D eigenvalue weighted by Crippen LogP contribution is -2.48. The summed E-state index contributed by atoms with van der Waals surface area (Å²) in [4.78, 5) is 41.6. The zero-order chi connectivity index (χ0) is 34.7. The molecular formula is C30H32F6N6O5. The van der Waals surface area contributed by atoms with Crippen molar-refractivity contribution < 1.29 is 50.5 Å². The van der Waals surface area contributed by atoms with Gasteiger partial charge in [0.1, 0.15) is 24.5 Å². The molecule has 1 aromatic carbocycles. The van der Waals surface area contributed by atoms with Crippen molar-refractivity contribution in [3.05, 3.63) is 65.1 Å². The van der Waals surface area contributed by atoms with Crippen LogP contribution in [0.2, 0.25) is 0 Å². The number of carbonyl (C=O) groups excluding carboxylic acids is 1. The lowest BCUT2D eigenvalue weighted by atomic mass is 9.91. The Labute approximate surface area is 265 Å². The number of carbonyl (C=O) groups is 2. The van der Waals surface area contributed by atoms with E-state index in [0.29, 0.717) is 24.2 Å². The molecule has 0 saturated heterocycles. The molecule has 254 valence electrons. The smallest absolute Gasteiger partial charge is 0.416 e. The van der Waals surface area contributed by atoms with E-state index in [2.05, 4.69) is 15.0 Å². The molecule has 1 aliphatic rings. The fourth-order valence-electron chi connectivity index (χ4n) is 5.39. The molecule has 2 aromatic heterocycles. The standard InChI is InChI=1S/C30H32F6N6O5/c1-5-20-12-22(27-21(7-8-25(39-27)46-4)42(20)28(45)47-6-2)41(24-13-23(37-16-38-24)40(3)15-26(43)44)14-17-9-18(29(31,32)33)11-19(10-17)30(34,35)36/h7-11,13,16,20,22H,5-6,12,14-15H2,1-4H3,(H,43,44)/t20-,22+/m1/s1. The van der Waals surface area contributed by atoms with Crippen molar-refractivity contribution in [1.82, 2.24) is 15.0 Å². The van der Waals surface area contributed by atoms with E-state index < -0.39 is 60.7 Å². The van der Waals surface area contributed by atoms with Gasteiger partial charge in [0, 0.05) is 31.8 Å². The number of halogens is 6. The first-order chi connectivity index (χ1) is 22.1. The van der Waals surface area contributed by atoms with Crippen LogP contribution in [0.15, 0.2) is 42.7 Å². The number of amides is 1. The summed E-state index contributed by atoms with van der Waals surface area (Å²) in [5, 5.41) is 9.29. The van der Waals surface area contributed by atoms with E-state index in [4.69, 9.17) is 9.47 Å². The number of nitrogens with zero attached hydrogens (tertiary/aromatic N) is 6. The molecule has 4 rings (SSSR count). The number of methoxy groups -OCH3 is 1. The molecule has 3 heterocycles. The average molecular weight is 671 g/mol. The Morgan fingerprint density at radius 3 is 2.19 bits per heavy atom. The van der Waals surface area contributed by atoms with Crippen LogP contribution in [0, 0.1) is 0 Å². The number of anilines is 3. The molecule has 0 fully saturated rings. The Morgan fingerprint density at radius 2 is 1.64 bits per heavy atom. The summed E-state index contributed by atoms with van der Waals surface area (Å²) >= 11 is 0. The third kappa shape index (κ3) is 7.94. The maximum atomic E-state index is 13.8. The third-order valence-corrected chi connectivity index (χ3v) is 7.53. The van der Waals surface area contributed by atoms with Crippen molar-refractivity contribution >= 4 is 29.4 Å². The summed E-state index contributed by atoms with van der Waals surface area (Å²) in [6.45, 7) is 2.54. The van der Waals surface area contributed by atoms with Crippen LogP contribution in [0.5, 0.6) is 5.88 Å². The quantitative estimate of drug-likeness (QED) is 0.245. The number of rotatable bonds is 10. The first kappa shape index (κ1) is 35.0. The van der Waals surface area contributed by atoms with Gasteiger partial charge in [-0.2, -0.15) is 26.3 Å². The first-order valence-electron chi connectivity index (χ1n) is 14.4. The number of benzene rings is 1. The lowest BCUT2D eigenvalue weighted by Gasteiger charge is -2.43. The molecule has 0 spiro atoms. The molecule has 0 radical (unpaired) electrons. The Morgan fingerprint density at radius 1 is 1.00 bits per heavy atom. The van der Waals surface area contributed by atoms with Crippen molar-refractivity contribution in [3.63, 3.8) is 0 Å². The fourth-order valence-corrected chi connectivity index (χ4v) is 5.39. The van der Waals surface area contributed by atoms with E-state index in [0.717, 1.165) is 6.33 Å². The summed E-state index contributed by atoms with van der Waals surface area (Å²) in [7, 11) is 2.80. The van der Waals surface area contributed by atoms with Gasteiger partial charge in [-0.1, -0.05) is 6.92 Å². The van der Waals surface area contributed by atoms with Gasteiger partial charge in [-0.15, -0.1) is 0 Å². The van der Waals surface area contributed by atoms with Crippen molar-refractivity contribution in [1.29, 1.82) is 0 Å². The number of aliphatic carboxylic acids is 1. The number of hydrogen-bond acceptors (Lipinski definition) is 9. The second-order valence-corrected chi connectivity index (χ2v) is 10.7. The highest BCUT2D eigenvalue weighted by molar-refractivity contribution is 5.90. The molecule has 0 aliphatic carbocycles. The van der Waals surface area contributed by atoms with Crippen molar-refractivity contribution in [2.45, 2.75) is 57.7 Å². The van der Waals surface area contributed by atoms with Crippen LogP contribution < -0.4 is 19.4 Å². The average Bonchev–Trinajstić information content (AvgIpc) is 3.01. The Kier molecular flexibility index (Phi) is 10.3. The zero-order valence-corrected chi connectivity index (χ0v) is 25.8. The van der Waals surface area contributed by atoms with Gasteiger partial charge in [0.25, 0.3) is 0 Å². The van der Waals surface area contributed by atoms with Gasteiger partial charge in [-0.3, -0.25) is 9.69 Å². The summed E-state index contributed by atoms with van der Waals surface area (Å²) in [6.07, 6.45) is -9.21. The van der Waals surface area contributed by atoms with E-state index in [9.17, 15) is 41.0 Å². The van der Waals surface area contributed by atoms with Crippen LogP contribution in [0.25, 0.3) is 0 Å². The number of ether oxygens (including phenoxy) is 2. The first-order valence-corrected chi connectivity index (χ1v) is 14.4. The number of hydrogen-bond donors (Lipinski definition) is 1. The van der Waals surface area contributed by atoms with Crippen LogP contribution in [0.1, 0.15) is 55.1 Å². The summed E-state index contributed by atoms with van der Waals surface area (Å²) in [5.74, 6) is -0.860. The third-order valence-electron chi connectivity index (χ3n) is 7.53. The van der Waals surface area contributed by atoms with E-state index in [1.807, 2.05) is 6.92 Å². The second-order valence-electron chi connectivity index (χ2n) is 10.7. The maximum absolute atomic E-state index is 13.8. The number of fused-ring (bicyclic) bond motifs is 1. The van der Waals surface area contributed by atoms with Crippen molar-refractivity contribution in [2.75, 3.05) is 42.0 Å². The minimum Gasteiger partial charge on any atom is -0.481 e. The number of carboxylic acids is 1. The van der Waals surface area contributed by atoms with Gasteiger partial charge < -0.3 is 24.4 Å². The highest BCUT2D eigenvalue weighted by Crippen LogP contribution is 2.44. The molecule has 1 amide bonds. The van der Waals surface area contributed by atoms with Crippen LogP contribution in [-0.2, 0) is 28.4 Å². The van der Waals surface area contributed by atoms with Gasteiger partial charge >= 0.3 is 24.4 Å². The number of pyridine rings is 1. The molecule has 0 unspecified atom stereocenters. The van der Waals surface area contributed by atoms with Gasteiger partial charge in [0.15, 0.2) is 0 Å². The van der Waals surface area contributed by atoms with Crippen molar-refractivity contribution in [2.24, 2.45) is 0 Å². The van der Waals surface area contributed by atoms with Crippen LogP contribution in [0.4, 0.5) is 48.5 Å². The predicted octanol–water partition coefficient (Wildman–Crippen LogP) is 6.33. The van der Waals surface area contributed by atoms with Gasteiger partial charge in [-0.25, -0.2) is 19.7 Å². The second kappa shape index (κ2) is 13.9. The minimum atomic E-state index is -5.08. The number of alkyl halides is 6. The summed E-state index contributed by atoms with van der Waals surface area (Å²) in [6, 6.07) is 4.35. The minimum absolute atomic E-state index is 0.0458. The predicted molar refractivity (Wildman–Crippen MR) is 157 cm³/mol. The Hall–Kier alpha value is -4.83. The molecule has 1 N–H and O–H groups in total. The zero-order valence-electron chi connectivity index (χ0n) is 25.8. The highest BCUT2D eigenvalue weighted by atomic mass is 19.4. The lowest BCUT2D eigenvalue weighted by molar-refractivity contribution is -0.143. The highest BCUT2D eigenvalue weighted by Gasteiger charge is 2.42. The molecule has 11 nitrogen and oxygen atoms in total. The summed E-state index contributed by atoms with van der Waals surface area (Å²) < 4.78 is 93.6. The van der Waals surface area contributed by atoms with Gasteiger partial charge in [0.05, 0.1) is 42.3 Å². The molecule has 17 heteroatoms. The largest absolute Gasteiger partial charge is 0.481 e. The number of aromatic nitrogens is 3. The monoisotopic (exact) mass is 670 g/mol. The van der Waals surface area contributed by atoms with Gasteiger partial charge in [0.2, 0.25) is 5.88 Å². The van der Waals surface area contributed by atoms with Crippen LogP contribution in [-0.4, -0.2) is 65.5 Å². The SMILES string of the molecule is CCOC(=O)N1c2ccc(OC)nc2[C@@H](N(Cc2cc(C(F)(F)F)cc(C(F)(F)F)c2)c2cc(N(C)CC(=O)O)ncn2)C[C@H]1CC. The Balaban J connectivity index is 1.96.